The largest absolute Gasteiger partial charge is 0.108 e. The molecule has 0 atom stereocenters. The maximum Gasteiger partial charge on any atom is 0.108 e. The van der Waals surface area contributed by atoms with Crippen LogP contribution in [0.25, 0.3) is 0 Å². The van der Waals surface area contributed by atoms with Crippen LogP contribution in [-0.4, -0.2) is 4.75 Å². The van der Waals surface area contributed by atoms with Crippen molar-refractivity contribution < 1.29 is 0 Å². The average Bonchev–Trinajstić information content (AvgIpc) is 1.60. The molecule has 0 fully saturated rings. The summed E-state index contributed by atoms with van der Waals surface area (Å²) in [6, 6.07) is 0. The van der Waals surface area contributed by atoms with Gasteiger partial charge >= 0.3 is 0 Å². The van der Waals surface area contributed by atoms with Crippen molar-refractivity contribution in [2.45, 2.75) is 25.5 Å². The van der Waals surface area contributed by atoms with E-state index < -0.39 is 0 Å². The van der Waals surface area contributed by atoms with Crippen LogP contribution in [0.5, 0.6) is 0 Å². The Hall–Kier alpha value is 1.15. The summed E-state index contributed by atoms with van der Waals surface area (Å²) in [5.41, 5.74) is 0. The summed E-state index contributed by atoms with van der Waals surface area (Å²) >= 11 is 16.0. The maximum atomic E-state index is 5.76. The van der Waals surface area contributed by atoms with Gasteiger partial charge in [-0.2, -0.15) is 0 Å². The molecule has 0 aliphatic carbocycles. The minimum atomic E-state index is 0.116. The highest BCUT2D eigenvalue weighted by Crippen LogP contribution is 2.38. The smallest absolute Gasteiger partial charge is 0.106 e. The Morgan fingerprint density at radius 3 is 1.80 bits per heavy atom. The molecule has 0 nitrogen and oxygen atoms in total. The third-order valence-electron chi connectivity index (χ3n) is 0.544. The molecular formula is C6H9BrCl2S. The highest BCUT2D eigenvalue weighted by Gasteiger charge is 2.14. The number of hydrogen-bond donors (Lipinski definition) is 0. The molecule has 0 aromatic carbocycles. The molecule has 4 heteroatoms. The van der Waals surface area contributed by atoms with Gasteiger partial charge in [0.1, 0.15) is 3.94 Å². The quantitative estimate of drug-likeness (QED) is 0.671. The molecule has 0 unspecified atom stereocenters. The van der Waals surface area contributed by atoms with E-state index in [4.69, 9.17) is 23.2 Å². The minimum absolute atomic E-state index is 0.116. The van der Waals surface area contributed by atoms with Crippen LogP contribution < -0.4 is 0 Å². The van der Waals surface area contributed by atoms with E-state index in [0.29, 0.717) is 8.31 Å². The summed E-state index contributed by atoms with van der Waals surface area (Å²) in [4.78, 5) is 0. The van der Waals surface area contributed by atoms with Gasteiger partial charge in [-0.05, 0) is 15.9 Å². The predicted octanol–water partition coefficient (Wildman–Crippen LogP) is 4.52. The third-order valence-corrected chi connectivity index (χ3v) is 3.25. The van der Waals surface area contributed by atoms with E-state index in [1.807, 2.05) is 0 Å². The molecule has 0 N–H and O–H groups in total. The minimum Gasteiger partial charge on any atom is -0.106 e. The highest BCUT2D eigenvalue weighted by molar-refractivity contribution is 9.12. The van der Waals surface area contributed by atoms with Crippen molar-refractivity contribution in [2.75, 3.05) is 0 Å². The van der Waals surface area contributed by atoms with Crippen molar-refractivity contribution in [1.82, 2.24) is 0 Å². The summed E-state index contributed by atoms with van der Waals surface area (Å²) in [6.45, 7) is 6.23. The van der Waals surface area contributed by atoms with Gasteiger partial charge in [-0.15, -0.1) is 11.8 Å². The first-order valence-electron chi connectivity index (χ1n) is 2.73. The molecule has 0 heterocycles. The molecule has 0 aliphatic rings. The molecule has 60 valence electrons. The molecule has 0 aliphatic heterocycles. The first-order chi connectivity index (χ1) is 4.33. The van der Waals surface area contributed by atoms with Crippen LogP contribution in [0.3, 0.4) is 0 Å². The highest BCUT2D eigenvalue weighted by atomic mass is 79.9. The Morgan fingerprint density at radius 2 is 1.70 bits per heavy atom. The number of hydrogen-bond acceptors (Lipinski definition) is 1. The fraction of sp³-hybridized carbons (Fsp3) is 0.667. The zero-order valence-electron chi connectivity index (χ0n) is 6.04. The SMILES string of the molecule is CC(C)(C)S/C(Cl)=C(\Cl)Br. The first-order valence-corrected chi connectivity index (χ1v) is 5.09. The molecule has 0 radical (unpaired) electrons. The van der Waals surface area contributed by atoms with E-state index in [2.05, 4.69) is 36.7 Å². The lowest BCUT2D eigenvalue weighted by Crippen LogP contribution is -2.06. The van der Waals surface area contributed by atoms with Gasteiger partial charge in [0, 0.05) is 4.75 Å². The molecule has 0 bridgehead atoms. The standard InChI is InChI=1S/C6H9BrCl2S/c1-6(2,3)10-5(9)4(7)8/h1-3H3/b5-4-. The summed E-state index contributed by atoms with van der Waals surface area (Å²) < 4.78 is 1.20. The van der Waals surface area contributed by atoms with Gasteiger partial charge in [0.05, 0.1) is 4.36 Å². The lowest BCUT2D eigenvalue weighted by Gasteiger charge is -2.16. The molecule has 0 rings (SSSR count). The zero-order chi connectivity index (χ0) is 8.36. The summed E-state index contributed by atoms with van der Waals surface area (Å²) in [7, 11) is 0. The van der Waals surface area contributed by atoms with Gasteiger partial charge in [-0.3, -0.25) is 0 Å². The Balaban J connectivity index is 4.06. The van der Waals surface area contributed by atoms with Crippen LogP contribution in [0.15, 0.2) is 8.31 Å². The van der Waals surface area contributed by atoms with Crippen molar-refractivity contribution in [1.29, 1.82) is 0 Å². The molecule has 0 amide bonds. The average molecular weight is 264 g/mol. The molecular weight excluding hydrogens is 255 g/mol. The first kappa shape index (κ1) is 11.2. The second-order valence-electron chi connectivity index (χ2n) is 2.75. The predicted molar refractivity (Wildman–Crippen MR) is 55.0 cm³/mol. The van der Waals surface area contributed by atoms with Crippen molar-refractivity contribution in [2.24, 2.45) is 0 Å². The van der Waals surface area contributed by atoms with E-state index >= 15 is 0 Å². The molecule has 10 heavy (non-hydrogen) atoms. The van der Waals surface area contributed by atoms with Gasteiger partial charge in [0.2, 0.25) is 0 Å². The Bertz CT molecular complexity index is 144. The zero-order valence-corrected chi connectivity index (χ0v) is 9.96. The maximum absolute atomic E-state index is 5.76. The lowest BCUT2D eigenvalue weighted by molar-refractivity contribution is 0.807. The molecule has 0 spiro atoms. The van der Waals surface area contributed by atoms with Crippen molar-refractivity contribution >= 4 is 50.9 Å². The summed E-state index contributed by atoms with van der Waals surface area (Å²) in [5.74, 6) is 0. The molecule has 0 aromatic rings. The fourth-order valence-corrected chi connectivity index (χ4v) is 1.98. The normalized spacial score (nSPS) is 15.0. The summed E-state index contributed by atoms with van der Waals surface area (Å²) in [5, 5.41) is 0. The van der Waals surface area contributed by atoms with Crippen molar-refractivity contribution in [3.05, 3.63) is 8.31 Å². The van der Waals surface area contributed by atoms with Gasteiger partial charge < -0.3 is 0 Å². The number of thioether (sulfide) groups is 1. The lowest BCUT2D eigenvalue weighted by atomic mass is 10.3. The van der Waals surface area contributed by atoms with Crippen LogP contribution in [0, 0.1) is 0 Å². The van der Waals surface area contributed by atoms with Crippen LogP contribution in [0.1, 0.15) is 20.8 Å². The molecule has 0 aromatic heterocycles. The Morgan fingerprint density at radius 1 is 1.30 bits per heavy atom. The van der Waals surface area contributed by atoms with Crippen molar-refractivity contribution in [3.63, 3.8) is 0 Å². The monoisotopic (exact) mass is 262 g/mol. The topological polar surface area (TPSA) is 0 Å². The molecule has 0 saturated heterocycles. The van der Waals surface area contributed by atoms with Crippen LogP contribution in [0.2, 0.25) is 0 Å². The third kappa shape index (κ3) is 5.90. The van der Waals surface area contributed by atoms with Crippen LogP contribution in [0.4, 0.5) is 0 Å². The second-order valence-corrected chi connectivity index (χ2v) is 6.82. The van der Waals surface area contributed by atoms with Gasteiger partial charge in [-0.1, -0.05) is 44.0 Å². The van der Waals surface area contributed by atoms with Gasteiger partial charge in [0.15, 0.2) is 0 Å². The van der Waals surface area contributed by atoms with Crippen LogP contribution >= 0.6 is 50.9 Å². The van der Waals surface area contributed by atoms with E-state index in [1.165, 1.54) is 11.8 Å². The fourth-order valence-electron chi connectivity index (χ4n) is 0.307. The van der Waals surface area contributed by atoms with E-state index in [-0.39, 0.29) is 4.75 Å². The number of halogens is 3. The van der Waals surface area contributed by atoms with Crippen LogP contribution in [-0.2, 0) is 0 Å². The van der Waals surface area contributed by atoms with Gasteiger partial charge in [0.25, 0.3) is 0 Å². The number of rotatable bonds is 1. The van der Waals surface area contributed by atoms with E-state index in [1.54, 1.807) is 0 Å². The second kappa shape index (κ2) is 4.24. The van der Waals surface area contributed by atoms with Crippen molar-refractivity contribution in [3.8, 4) is 0 Å². The summed E-state index contributed by atoms with van der Waals surface area (Å²) in [6.07, 6.45) is 0. The molecule has 0 saturated carbocycles. The Labute approximate surface area is 84.5 Å². The van der Waals surface area contributed by atoms with Gasteiger partial charge in [-0.25, -0.2) is 0 Å². The Kier molecular flexibility index (Phi) is 4.73. The van der Waals surface area contributed by atoms with E-state index in [9.17, 15) is 0 Å². The van der Waals surface area contributed by atoms with E-state index in [0.717, 1.165) is 0 Å².